The van der Waals surface area contributed by atoms with Crippen LogP contribution in [0.25, 0.3) is 0 Å². The minimum absolute atomic E-state index is 0.170. The van der Waals surface area contributed by atoms with Crippen LogP contribution in [0.3, 0.4) is 0 Å². The summed E-state index contributed by atoms with van der Waals surface area (Å²) in [6.07, 6.45) is 4.28. The Balaban J connectivity index is 1.81. The monoisotopic (exact) mass is 254 g/mol. The lowest BCUT2D eigenvalue weighted by molar-refractivity contribution is 0.0943. The highest BCUT2D eigenvalue weighted by atomic mass is 32.2. The average Bonchev–Trinajstić information content (AvgIpc) is 2.97. The van der Waals surface area contributed by atoms with E-state index in [0.29, 0.717) is 5.25 Å². The molecule has 2 heterocycles. The van der Waals surface area contributed by atoms with E-state index < -0.39 is 0 Å². The summed E-state index contributed by atoms with van der Waals surface area (Å²) in [6.45, 7) is 2.79. The second-order valence-electron chi connectivity index (χ2n) is 4.20. The third kappa shape index (κ3) is 3.46. The molecule has 94 valence electrons. The van der Waals surface area contributed by atoms with Crippen molar-refractivity contribution in [1.29, 1.82) is 0 Å². The number of rotatable bonds is 5. The lowest BCUT2D eigenvalue weighted by Crippen LogP contribution is -2.30. The maximum atomic E-state index is 11.8. The molecule has 1 saturated heterocycles. The lowest BCUT2D eigenvalue weighted by Gasteiger charge is -2.08. The summed E-state index contributed by atoms with van der Waals surface area (Å²) in [7, 11) is 0. The van der Waals surface area contributed by atoms with Crippen LogP contribution >= 0.6 is 11.8 Å². The van der Waals surface area contributed by atoms with Gasteiger partial charge in [-0.25, -0.2) is 4.98 Å². The Morgan fingerprint density at radius 3 is 3.24 bits per heavy atom. The zero-order valence-corrected chi connectivity index (χ0v) is 10.8. The van der Waals surface area contributed by atoms with Crippen LogP contribution < -0.4 is 5.32 Å². The predicted molar refractivity (Wildman–Crippen MR) is 68.2 cm³/mol. The highest BCUT2D eigenvalue weighted by molar-refractivity contribution is 8.00. The van der Waals surface area contributed by atoms with Crippen LogP contribution in [0.1, 0.15) is 42.6 Å². The molecular formula is C11H18N4OS. The first-order valence-electron chi connectivity index (χ1n) is 6.10. The zero-order valence-electron chi connectivity index (χ0n) is 10.0. The van der Waals surface area contributed by atoms with Crippen molar-refractivity contribution in [3.05, 3.63) is 11.6 Å². The largest absolute Gasteiger partial charge is 0.348 e. The molecule has 1 fully saturated rings. The van der Waals surface area contributed by atoms with Gasteiger partial charge in [0.25, 0.3) is 5.91 Å². The molecule has 5 nitrogen and oxygen atoms in total. The van der Waals surface area contributed by atoms with Gasteiger partial charge in [0.15, 0.2) is 0 Å². The number of aryl methyl sites for hydroxylation is 1. The van der Waals surface area contributed by atoms with Gasteiger partial charge in [-0.2, -0.15) is 11.8 Å². The molecule has 17 heavy (non-hydrogen) atoms. The van der Waals surface area contributed by atoms with E-state index in [1.165, 1.54) is 18.6 Å². The van der Waals surface area contributed by atoms with Gasteiger partial charge in [0.05, 0.1) is 0 Å². The Morgan fingerprint density at radius 1 is 1.65 bits per heavy atom. The van der Waals surface area contributed by atoms with Gasteiger partial charge >= 0.3 is 0 Å². The number of hydrogen-bond acceptors (Lipinski definition) is 4. The molecule has 1 unspecified atom stereocenters. The van der Waals surface area contributed by atoms with E-state index in [9.17, 15) is 4.79 Å². The van der Waals surface area contributed by atoms with Gasteiger partial charge < -0.3 is 5.32 Å². The number of aromatic nitrogens is 3. The molecule has 0 spiro atoms. The SMILES string of the molecule is CCCc1nc(C(=O)NCC2CCCS2)n[nH]1. The van der Waals surface area contributed by atoms with Crippen molar-refractivity contribution in [1.82, 2.24) is 20.5 Å². The molecule has 0 radical (unpaired) electrons. The molecule has 1 amide bonds. The maximum absolute atomic E-state index is 11.8. The van der Waals surface area contributed by atoms with Gasteiger partial charge in [-0.1, -0.05) is 6.92 Å². The Morgan fingerprint density at radius 2 is 2.53 bits per heavy atom. The first-order chi connectivity index (χ1) is 8.29. The zero-order chi connectivity index (χ0) is 12.1. The number of nitrogens with one attached hydrogen (secondary N) is 2. The molecule has 1 aromatic rings. The number of hydrogen-bond donors (Lipinski definition) is 2. The second kappa shape index (κ2) is 6.05. The summed E-state index contributed by atoms with van der Waals surface area (Å²) in [5.41, 5.74) is 0. The summed E-state index contributed by atoms with van der Waals surface area (Å²) >= 11 is 1.93. The van der Waals surface area contributed by atoms with Crippen molar-refractivity contribution < 1.29 is 4.79 Å². The highest BCUT2D eigenvalue weighted by Gasteiger charge is 2.18. The van der Waals surface area contributed by atoms with E-state index in [-0.39, 0.29) is 11.7 Å². The van der Waals surface area contributed by atoms with Crippen molar-refractivity contribution in [3.63, 3.8) is 0 Å². The predicted octanol–water partition coefficient (Wildman–Crippen LogP) is 1.38. The van der Waals surface area contributed by atoms with Gasteiger partial charge in [0, 0.05) is 18.2 Å². The van der Waals surface area contributed by atoms with E-state index in [4.69, 9.17) is 0 Å². The van der Waals surface area contributed by atoms with Crippen molar-refractivity contribution in [2.75, 3.05) is 12.3 Å². The van der Waals surface area contributed by atoms with E-state index in [0.717, 1.165) is 25.2 Å². The van der Waals surface area contributed by atoms with E-state index >= 15 is 0 Å². The summed E-state index contributed by atoms with van der Waals surface area (Å²) in [4.78, 5) is 15.9. The van der Waals surface area contributed by atoms with Gasteiger partial charge in [-0.3, -0.25) is 9.89 Å². The molecule has 0 aliphatic carbocycles. The molecule has 1 atom stereocenters. The topological polar surface area (TPSA) is 70.7 Å². The molecule has 1 aromatic heterocycles. The van der Waals surface area contributed by atoms with Crippen LogP contribution in [-0.2, 0) is 6.42 Å². The first-order valence-corrected chi connectivity index (χ1v) is 7.15. The number of aromatic amines is 1. The number of carbonyl (C=O) groups excluding carboxylic acids is 1. The highest BCUT2D eigenvalue weighted by Crippen LogP contribution is 2.25. The molecule has 0 aromatic carbocycles. The maximum Gasteiger partial charge on any atom is 0.290 e. The van der Waals surface area contributed by atoms with Gasteiger partial charge in [-0.15, -0.1) is 5.10 Å². The third-order valence-electron chi connectivity index (χ3n) is 2.74. The fourth-order valence-corrected chi connectivity index (χ4v) is 3.04. The number of carbonyl (C=O) groups is 1. The van der Waals surface area contributed by atoms with Crippen LogP contribution in [0.15, 0.2) is 0 Å². The average molecular weight is 254 g/mol. The van der Waals surface area contributed by atoms with Gasteiger partial charge in [0.1, 0.15) is 5.82 Å². The molecule has 2 rings (SSSR count). The van der Waals surface area contributed by atoms with Crippen LogP contribution in [0.4, 0.5) is 0 Å². The van der Waals surface area contributed by atoms with Gasteiger partial charge in [-0.05, 0) is 25.0 Å². The molecule has 0 saturated carbocycles. The number of thioether (sulfide) groups is 1. The summed E-state index contributed by atoms with van der Waals surface area (Å²) < 4.78 is 0. The fourth-order valence-electron chi connectivity index (χ4n) is 1.84. The second-order valence-corrected chi connectivity index (χ2v) is 5.61. The molecule has 1 aliphatic rings. The number of nitrogens with zero attached hydrogens (tertiary/aromatic N) is 2. The lowest BCUT2D eigenvalue weighted by atomic mass is 10.2. The van der Waals surface area contributed by atoms with Crippen molar-refractivity contribution in [3.8, 4) is 0 Å². The summed E-state index contributed by atoms with van der Waals surface area (Å²) in [6, 6.07) is 0. The molecule has 6 heteroatoms. The summed E-state index contributed by atoms with van der Waals surface area (Å²) in [5, 5.41) is 10.2. The first kappa shape index (κ1) is 12.4. The Bertz CT molecular complexity index is 373. The van der Waals surface area contributed by atoms with E-state index in [2.05, 4.69) is 27.4 Å². The Kier molecular flexibility index (Phi) is 4.42. The standard InChI is InChI=1S/C11H18N4OS/c1-2-4-9-13-10(15-14-9)11(16)12-7-8-5-3-6-17-8/h8H,2-7H2,1H3,(H,12,16)(H,13,14,15). The third-order valence-corrected chi connectivity index (χ3v) is 4.13. The molecule has 2 N–H and O–H groups in total. The Hall–Kier alpha value is -1.04. The summed E-state index contributed by atoms with van der Waals surface area (Å²) in [5.74, 6) is 2.09. The molecule has 0 bridgehead atoms. The van der Waals surface area contributed by atoms with E-state index in [1.54, 1.807) is 0 Å². The van der Waals surface area contributed by atoms with Crippen LogP contribution in [0, 0.1) is 0 Å². The fraction of sp³-hybridized carbons (Fsp3) is 0.727. The normalized spacial score (nSPS) is 19.5. The molecule has 1 aliphatic heterocycles. The van der Waals surface area contributed by atoms with Crippen molar-refractivity contribution in [2.24, 2.45) is 0 Å². The minimum Gasteiger partial charge on any atom is -0.348 e. The van der Waals surface area contributed by atoms with Crippen LogP contribution in [0.2, 0.25) is 0 Å². The molecular weight excluding hydrogens is 236 g/mol. The van der Waals surface area contributed by atoms with Gasteiger partial charge in [0.2, 0.25) is 5.82 Å². The van der Waals surface area contributed by atoms with Crippen LogP contribution in [0.5, 0.6) is 0 Å². The quantitative estimate of drug-likeness (QED) is 0.833. The van der Waals surface area contributed by atoms with Crippen molar-refractivity contribution >= 4 is 17.7 Å². The van der Waals surface area contributed by atoms with Crippen LogP contribution in [-0.4, -0.2) is 38.6 Å². The van der Waals surface area contributed by atoms with Crippen molar-refractivity contribution in [2.45, 2.75) is 37.9 Å². The number of H-pyrrole nitrogens is 1. The Labute approximate surface area is 105 Å². The number of amides is 1. The smallest absolute Gasteiger partial charge is 0.290 e. The minimum atomic E-state index is -0.170. The van der Waals surface area contributed by atoms with E-state index in [1.807, 2.05) is 11.8 Å².